The number of nitrogens with zero attached hydrogens (tertiary/aromatic N) is 4. The molecule has 30 heavy (non-hydrogen) atoms. The number of benzene rings is 1. The van der Waals surface area contributed by atoms with Crippen LogP contribution in [0.1, 0.15) is 12.0 Å². The number of carbonyl (C=O) groups is 1. The van der Waals surface area contributed by atoms with E-state index in [9.17, 15) is 4.79 Å². The predicted octanol–water partition coefficient (Wildman–Crippen LogP) is 2.12. The van der Waals surface area contributed by atoms with Gasteiger partial charge in [0.25, 0.3) is 0 Å². The highest BCUT2D eigenvalue weighted by molar-refractivity contribution is 5.90. The molecule has 2 aromatic rings. The van der Waals surface area contributed by atoms with Crippen LogP contribution in [0.25, 0.3) is 0 Å². The first-order valence-corrected chi connectivity index (χ1v) is 10.2. The number of hydrogen-bond acceptors (Lipinski definition) is 5. The molecular weight excluding hydrogens is 380 g/mol. The van der Waals surface area contributed by atoms with Crippen LogP contribution in [0, 0.1) is 6.92 Å². The van der Waals surface area contributed by atoms with Crippen LogP contribution >= 0.6 is 0 Å². The molecule has 1 aliphatic rings. The Balaban J connectivity index is 1.44. The van der Waals surface area contributed by atoms with E-state index < -0.39 is 0 Å². The van der Waals surface area contributed by atoms with Gasteiger partial charge < -0.3 is 25.2 Å². The normalized spacial score (nSPS) is 14.4. The van der Waals surface area contributed by atoms with Gasteiger partial charge in [-0.05, 0) is 30.7 Å². The molecule has 1 aromatic heterocycles. The Morgan fingerprint density at radius 2 is 1.93 bits per heavy atom. The molecule has 1 fully saturated rings. The molecule has 1 aromatic carbocycles. The summed E-state index contributed by atoms with van der Waals surface area (Å²) < 4.78 is 5.48. The maximum absolute atomic E-state index is 12.1. The summed E-state index contributed by atoms with van der Waals surface area (Å²) in [5.74, 6) is 2.20. The van der Waals surface area contributed by atoms with Crippen LogP contribution in [0.4, 0.5) is 11.5 Å². The van der Waals surface area contributed by atoms with Gasteiger partial charge in [0, 0.05) is 52.4 Å². The SMILES string of the molecule is CN=C(NCCC(=O)Nc1ccc(C)cn1)N1CCN(c2ccccc2OC)CC1. The second kappa shape index (κ2) is 10.5. The van der Waals surface area contributed by atoms with E-state index in [1.165, 1.54) is 0 Å². The van der Waals surface area contributed by atoms with Crippen LogP contribution in [0.15, 0.2) is 47.6 Å². The van der Waals surface area contributed by atoms with Crippen molar-refractivity contribution in [2.45, 2.75) is 13.3 Å². The maximum atomic E-state index is 12.1. The minimum atomic E-state index is -0.0738. The van der Waals surface area contributed by atoms with E-state index in [0.717, 1.165) is 49.1 Å². The second-order valence-electron chi connectivity index (χ2n) is 7.14. The summed E-state index contributed by atoms with van der Waals surface area (Å²) in [4.78, 5) is 25.3. The molecule has 0 aliphatic carbocycles. The van der Waals surface area contributed by atoms with Crippen molar-refractivity contribution in [2.24, 2.45) is 4.99 Å². The van der Waals surface area contributed by atoms with E-state index in [-0.39, 0.29) is 5.91 Å². The smallest absolute Gasteiger partial charge is 0.227 e. The summed E-state index contributed by atoms with van der Waals surface area (Å²) in [6, 6.07) is 11.8. The number of ether oxygens (including phenoxy) is 1. The highest BCUT2D eigenvalue weighted by Gasteiger charge is 2.21. The summed E-state index contributed by atoms with van der Waals surface area (Å²) in [5.41, 5.74) is 2.17. The van der Waals surface area contributed by atoms with Gasteiger partial charge >= 0.3 is 0 Å². The Morgan fingerprint density at radius 1 is 1.17 bits per heavy atom. The van der Waals surface area contributed by atoms with Crippen molar-refractivity contribution in [3.8, 4) is 5.75 Å². The van der Waals surface area contributed by atoms with Crippen molar-refractivity contribution >= 4 is 23.4 Å². The molecule has 3 rings (SSSR count). The highest BCUT2D eigenvalue weighted by Crippen LogP contribution is 2.28. The number of aryl methyl sites for hydroxylation is 1. The van der Waals surface area contributed by atoms with E-state index in [0.29, 0.717) is 18.8 Å². The van der Waals surface area contributed by atoms with Gasteiger partial charge in [0.2, 0.25) is 5.91 Å². The topological polar surface area (TPSA) is 82.1 Å². The van der Waals surface area contributed by atoms with E-state index >= 15 is 0 Å². The first kappa shape index (κ1) is 21.4. The third-order valence-electron chi connectivity index (χ3n) is 5.03. The Morgan fingerprint density at radius 3 is 2.60 bits per heavy atom. The number of anilines is 2. The van der Waals surface area contributed by atoms with Crippen molar-refractivity contribution in [1.29, 1.82) is 0 Å². The second-order valence-corrected chi connectivity index (χ2v) is 7.14. The summed E-state index contributed by atoms with van der Waals surface area (Å²) >= 11 is 0. The zero-order valence-electron chi connectivity index (χ0n) is 17.9. The fraction of sp³-hybridized carbons (Fsp3) is 0.409. The molecule has 0 atom stereocenters. The minimum absolute atomic E-state index is 0.0738. The van der Waals surface area contributed by atoms with E-state index in [4.69, 9.17) is 4.74 Å². The molecule has 2 N–H and O–H groups in total. The molecule has 8 heteroatoms. The number of carbonyl (C=O) groups excluding carboxylic acids is 1. The summed E-state index contributed by atoms with van der Waals surface area (Å²) in [7, 11) is 3.47. The average molecular weight is 411 g/mol. The molecule has 1 saturated heterocycles. The number of methoxy groups -OCH3 is 1. The number of aliphatic imine (C=N–C) groups is 1. The minimum Gasteiger partial charge on any atom is -0.495 e. The van der Waals surface area contributed by atoms with Gasteiger partial charge in [-0.1, -0.05) is 18.2 Å². The molecule has 0 spiro atoms. The maximum Gasteiger partial charge on any atom is 0.227 e. The van der Waals surface area contributed by atoms with Gasteiger partial charge in [-0.15, -0.1) is 0 Å². The zero-order valence-corrected chi connectivity index (χ0v) is 17.9. The Hall–Kier alpha value is -3.29. The number of piperazine rings is 1. The van der Waals surface area contributed by atoms with Crippen molar-refractivity contribution in [2.75, 3.05) is 57.1 Å². The summed E-state index contributed by atoms with van der Waals surface area (Å²) in [6.07, 6.45) is 2.08. The molecule has 1 aliphatic heterocycles. The highest BCUT2D eigenvalue weighted by atomic mass is 16.5. The lowest BCUT2D eigenvalue weighted by Gasteiger charge is -2.38. The quantitative estimate of drug-likeness (QED) is 0.561. The van der Waals surface area contributed by atoms with Gasteiger partial charge in [-0.3, -0.25) is 9.79 Å². The number of guanidine groups is 1. The summed E-state index contributed by atoms with van der Waals surface area (Å²) in [6.45, 7) is 5.91. The lowest BCUT2D eigenvalue weighted by Crippen LogP contribution is -2.52. The number of pyridine rings is 1. The number of amides is 1. The number of para-hydroxylation sites is 2. The molecule has 0 bridgehead atoms. The number of nitrogens with one attached hydrogen (secondary N) is 2. The van der Waals surface area contributed by atoms with Crippen LogP contribution in [-0.4, -0.2) is 68.6 Å². The molecule has 0 unspecified atom stereocenters. The Bertz CT molecular complexity index is 860. The van der Waals surface area contributed by atoms with Crippen LogP contribution in [-0.2, 0) is 4.79 Å². The van der Waals surface area contributed by atoms with Gasteiger partial charge in [-0.2, -0.15) is 0 Å². The number of rotatable bonds is 6. The fourth-order valence-corrected chi connectivity index (χ4v) is 3.42. The van der Waals surface area contributed by atoms with E-state index in [2.05, 4.69) is 36.5 Å². The number of aromatic nitrogens is 1. The lowest BCUT2D eigenvalue weighted by atomic mass is 10.2. The average Bonchev–Trinajstić information content (AvgIpc) is 2.78. The Labute approximate surface area is 178 Å². The summed E-state index contributed by atoms with van der Waals surface area (Å²) in [5, 5.41) is 6.11. The van der Waals surface area contributed by atoms with E-state index in [1.54, 1.807) is 26.4 Å². The van der Waals surface area contributed by atoms with Crippen LogP contribution in [0.5, 0.6) is 5.75 Å². The molecule has 160 valence electrons. The predicted molar refractivity (Wildman–Crippen MR) is 120 cm³/mol. The third-order valence-corrected chi connectivity index (χ3v) is 5.03. The van der Waals surface area contributed by atoms with Crippen molar-refractivity contribution in [1.82, 2.24) is 15.2 Å². The molecule has 0 radical (unpaired) electrons. The number of hydrogen-bond donors (Lipinski definition) is 2. The van der Waals surface area contributed by atoms with E-state index in [1.807, 2.05) is 31.2 Å². The molecular formula is C22H30N6O2. The van der Waals surface area contributed by atoms with Crippen LogP contribution in [0.2, 0.25) is 0 Å². The lowest BCUT2D eigenvalue weighted by molar-refractivity contribution is -0.116. The Kier molecular flexibility index (Phi) is 7.48. The molecule has 0 saturated carbocycles. The monoisotopic (exact) mass is 410 g/mol. The molecule has 8 nitrogen and oxygen atoms in total. The van der Waals surface area contributed by atoms with Crippen molar-refractivity contribution in [3.63, 3.8) is 0 Å². The van der Waals surface area contributed by atoms with Crippen molar-refractivity contribution in [3.05, 3.63) is 48.2 Å². The third kappa shape index (κ3) is 5.62. The molecule has 2 heterocycles. The van der Waals surface area contributed by atoms with Gasteiger partial charge in [0.15, 0.2) is 5.96 Å². The first-order chi connectivity index (χ1) is 14.6. The van der Waals surface area contributed by atoms with Gasteiger partial charge in [0.05, 0.1) is 12.8 Å². The fourth-order valence-electron chi connectivity index (χ4n) is 3.42. The van der Waals surface area contributed by atoms with Crippen LogP contribution < -0.4 is 20.3 Å². The van der Waals surface area contributed by atoms with Gasteiger partial charge in [-0.25, -0.2) is 4.98 Å². The zero-order chi connectivity index (χ0) is 21.3. The van der Waals surface area contributed by atoms with Crippen LogP contribution in [0.3, 0.4) is 0 Å². The first-order valence-electron chi connectivity index (χ1n) is 10.2. The standard InChI is InChI=1S/C22H30N6O2/c1-17-8-9-20(25-16-17)26-21(29)10-11-24-22(23-2)28-14-12-27(13-15-28)18-6-4-5-7-19(18)30-3/h4-9,16H,10-15H2,1-3H3,(H,23,24)(H,25,26,29). The molecule has 1 amide bonds. The van der Waals surface area contributed by atoms with Crippen molar-refractivity contribution < 1.29 is 9.53 Å². The van der Waals surface area contributed by atoms with Gasteiger partial charge in [0.1, 0.15) is 11.6 Å². The largest absolute Gasteiger partial charge is 0.495 e.